The molecule has 0 amide bonds. The first-order valence-electron chi connectivity index (χ1n) is 5.20. The average Bonchev–Trinajstić information content (AvgIpc) is 2.56. The van der Waals surface area contributed by atoms with Crippen molar-refractivity contribution in [3.05, 3.63) is 0 Å². The molecule has 0 saturated carbocycles. The Kier molecular flexibility index (Phi) is 5.08. The van der Waals surface area contributed by atoms with Crippen molar-refractivity contribution in [2.75, 3.05) is 25.4 Å². The van der Waals surface area contributed by atoms with Gasteiger partial charge < -0.3 is 4.90 Å². The summed E-state index contributed by atoms with van der Waals surface area (Å²) in [6.07, 6.45) is 5.43. The average molecular weight is 187 g/mol. The van der Waals surface area contributed by atoms with Gasteiger partial charge >= 0.3 is 0 Å². The SMILES string of the molecule is CCC(CCS)CN1CCCC1. The smallest absolute Gasteiger partial charge is 0.000985 e. The monoisotopic (exact) mass is 187 g/mol. The summed E-state index contributed by atoms with van der Waals surface area (Å²) in [4.78, 5) is 2.61. The van der Waals surface area contributed by atoms with Gasteiger partial charge in [0.2, 0.25) is 0 Å². The predicted molar refractivity (Wildman–Crippen MR) is 57.9 cm³/mol. The molecule has 0 aromatic carbocycles. The molecular formula is C10H21NS. The van der Waals surface area contributed by atoms with E-state index in [-0.39, 0.29) is 0 Å². The number of hydrogen-bond acceptors (Lipinski definition) is 2. The van der Waals surface area contributed by atoms with E-state index in [1.54, 1.807) is 0 Å². The summed E-state index contributed by atoms with van der Waals surface area (Å²) in [5.41, 5.74) is 0. The number of rotatable bonds is 5. The van der Waals surface area contributed by atoms with Gasteiger partial charge in [-0.3, -0.25) is 0 Å². The molecular weight excluding hydrogens is 166 g/mol. The van der Waals surface area contributed by atoms with Gasteiger partial charge in [0, 0.05) is 6.54 Å². The summed E-state index contributed by atoms with van der Waals surface area (Å²) in [5.74, 6) is 1.94. The van der Waals surface area contributed by atoms with E-state index < -0.39 is 0 Å². The third kappa shape index (κ3) is 3.36. The minimum absolute atomic E-state index is 0.889. The summed E-state index contributed by atoms with van der Waals surface area (Å²) in [6.45, 7) is 6.29. The molecule has 1 unspecified atom stereocenters. The lowest BCUT2D eigenvalue weighted by Gasteiger charge is -2.21. The van der Waals surface area contributed by atoms with E-state index in [0.29, 0.717) is 0 Å². The van der Waals surface area contributed by atoms with Crippen LogP contribution in [-0.2, 0) is 0 Å². The van der Waals surface area contributed by atoms with Crippen LogP contribution in [0.1, 0.15) is 32.6 Å². The molecule has 1 aliphatic heterocycles. The Morgan fingerprint density at radius 1 is 1.33 bits per heavy atom. The Morgan fingerprint density at radius 3 is 2.50 bits per heavy atom. The maximum Gasteiger partial charge on any atom is 0.000985 e. The van der Waals surface area contributed by atoms with Crippen molar-refractivity contribution in [1.29, 1.82) is 0 Å². The van der Waals surface area contributed by atoms with Gasteiger partial charge in [-0.1, -0.05) is 13.3 Å². The van der Waals surface area contributed by atoms with E-state index >= 15 is 0 Å². The van der Waals surface area contributed by atoms with E-state index in [9.17, 15) is 0 Å². The van der Waals surface area contributed by atoms with Gasteiger partial charge in [0.1, 0.15) is 0 Å². The highest BCUT2D eigenvalue weighted by Crippen LogP contribution is 2.15. The molecule has 1 saturated heterocycles. The second-order valence-electron chi connectivity index (χ2n) is 3.79. The Bertz CT molecular complexity index is 110. The second kappa shape index (κ2) is 5.87. The fourth-order valence-electron chi connectivity index (χ4n) is 1.94. The molecule has 12 heavy (non-hydrogen) atoms. The van der Waals surface area contributed by atoms with E-state index in [2.05, 4.69) is 24.5 Å². The molecule has 0 aliphatic carbocycles. The molecule has 0 bridgehead atoms. The Morgan fingerprint density at radius 2 is 2.00 bits per heavy atom. The lowest BCUT2D eigenvalue weighted by molar-refractivity contribution is 0.269. The molecule has 0 spiro atoms. The summed E-state index contributed by atoms with van der Waals surface area (Å²) in [5, 5.41) is 0. The highest BCUT2D eigenvalue weighted by atomic mass is 32.1. The Balaban J connectivity index is 2.16. The molecule has 1 nitrogen and oxygen atoms in total. The molecule has 1 rings (SSSR count). The Hall–Kier alpha value is 0.310. The molecule has 1 fully saturated rings. The van der Waals surface area contributed by atoms with Gasteiger partial charge in [0.05, 0.1) is 0 Å². The summed E-state index contributed by atoms with van der Waals surface area (Å²) >= 11 is 4.29. The van der Waals surface area contributed by atoms with Crippen LogP contribution in [0.25, 0.3) is 0 Å². The maximum absolute atomic E-state index is 4.29. The van der Waals surface area contributed by atoms with Gasteiger partial charge in [-0.15, -0.1) is 0 Å². The van der Waals surface area contributed by atoms with Crippen molar-refractivity contribution in [2.24, 2.45) is 5.92 Å². The van der Waals surface area contributed by atoms with Crippen LogP contribution in [-0.4, -0.2) is 30.3 Å². The molecule has 1 atom stereocenters. The molecule has 1 heterocycles. The normalized spacial score (nSPS) is 21.5. The zero-order valence-electron chi connectivity index (χ0n) is 8.13. The first-order chi connectivity index (χ1) is 5.86. The van der Waals surface area contributed by atoms with Crippen LogP contribution < -0.4 is 0 Å². The fourth-order valence-corrected chi connectivity index (χ4v) is 2.30. The minimum atomic E-state index is 0.889. The van der Waals surface area contributed by atoms with E-state index in [0.717, 1.165) is 11.7 Å². The quantitative estimate of drug-likeness (QED) is 0.647. The Labute approximate surface area is 81.9 Å². The molecule has 0 aromatic heterocycles. The van der Waals surface area contributed by atoms with Gasteiger partial charge in [0.25, 0.3) is 0 Å². The van der Waals surface area contributed by atoms with Crippen molar-refractivity contribution in [3.63, 3.8) is 0 Å². The molecule has 0 radical (unpaired) electrons. The molecule has 2 heteroatoms. The van der Waals surface area contributed by atoms with E-state index in [4.69, 9.17) is 0 Å². The largest absolute Gasteiger partial charge is 0.303 e. The van der Waals surface area contributed by atoms with Crippen molar-refractivity contribution in [2.45, 2.75) is 32.6 Å². The first kappa shape index (κ1) is 10.4. The standard InChI is InChI=1S/C10H21NS/c1-2-10(5-8-12)9-11-6-3-4-7-11/h10,12H,2-9H2,1H3. The van der Waals surface area contributed by atoms with Crippen molar-refractivity contribution in [3.8, 4) is 0 Å². The summed E-state index contributed by atoms with van der Waals surface area (Å²) in [7, 11) is 0. The summed E-state index contributed by atoms with van der Waals surface area (Å²) in [6, 6.07) is 0. The van der Waals surface area contributed by atoms with Gasteiger partial charge in [0.15, 0.2) is 0 Å². The first-order valence-corrected chi connectivity index (χ1v) is 5.83. The number of nitrogens with zero attached hydrogens (tertiary/aromatic N) is 1. The third-order valence-corrected chi connectivity index (χ3v) is 3.09. The van der Waals surface area contributed by atoms with E-state index in [1.807, 2.05) is 0 Å². The number of likely N-dealkylation sites (tertiary alicyclic amines) is 1. The maximum atomic E-state index is 4.29. The second-order valence-corrected chi connectivity index (χ2v) is 4.24. The number of hydrogen-bond donors (Lipinski definition) is 1. The van der Waals surface area contributed by atoms with Crippen LogP contribution >= 0.6 is 12.6 Å². The van der Waals surface area contributed by atoms with Crippen molar-refractivity contribution < 1.29 is 0 Å². The van der Waals surface area contributed by atoms with Crippen LogP contribution in [0.3, 0.4) is 0 Å². The van der Waals surface area contributed by atoms with Gasteiger partial charge in [-0.05, 0) is 44.0 Å². The zero-order valence-corrected chi connectivity index (χ0v) is 9.02. The van der Waals surface area contributed by atoms with Crippen molar-refractivity contribution in [1.82, 2.24) is 4.90 Å². The fraction of sp³-hybridized carbons (Fsp3) is 1.00. The topological polar surface area (TPSA) is 3.24 Å². The van der Waals surface area contributed by atoms with Crippen LogP contribution in [0.15, 0.2) is 0 Å². The van der Waals surface area contributed by atoms with Crippen molar-refractivity contribution >= 4 is 12.6 Å². The van der Waals surface area contributed by atoms with Crippen LogP contribution in [0.4, 0.5) is 0 Å². The number of thiol groups is 1. The van der Waals surface area contributed by atoms with Crippen LogP contribution in [0.5, 0.6) is 0 Å². The highest BCUT2D eigenvalue weighted by molar-refractivity contribution is 7.80. The molecule has 0 aromatic rings. The molecule has 72 valence electrons. The lowest BCUT2D eigenvalue weighted by Crippen LogP contribution is -2.26. The lowest BCUT2D eigenvalue weighted by atomic mass is 10.0. The third-order valence-electron chi connectivity index (χ3n) is 2.83. The zero-order chi connectivity index (χ0) is 8.81. The van der Waals surface area contributed by atoms with Crippen LogP contribution in [0, 0.1) is 5.92 Å². The van der Waals surface area contributed by atoms with E-state index in [1.165, 1.54) is 45.3 Å². The molecule has 0 N–H and O–H groups in total. The van der Waals surface area contributed by atoms with Gasteiger partial charge in [-0.25, -0.2) is 0 Å². The minimum Gasteiger partial charge on any atom is -0.303 e. The van der Waals surface area contributed by atoms with Gasteiger partial charge in [-0.2, -0.15) is 12.6 Å². The molecule has 1 aliphatic rings. The van der Waals surface area contributed by atoms with Crippen LogP contribution in [0.2, 0.25) is 0 Å². The highest BCUT2D eigenvalue weighted by Gasteiger charge is 2.15. The summed E-state index contributed by atoms with van der Waals surface area (Å²) < 4.78 is 0. The predicted octanol–water partition coefficient (Wildman–Crippen LogP) is 2.43.